The van der Waals surface area contributed by atoms with E-state index in [4.69, 9.17) is 27.8 Å². The number of hydrogen-bond acceptors (Lipinski definition) is 7. The molecule has 0 bridgehead atoms. The van der Waals surface area contributed by atoms with Crippen LogP contribution in [0, 0.1) is 17.8 Å². The number of aliphatic hydroxyl groups excluding tert-OH is 1. The fraction of sp³-hybridized carbons (Fsp3) is 0.765. The molecule has 7 nitrogen and oxygen atoms in total. The van der Waals surface area contributed by atoms with Crippen LogP contribution in [0.4, 0.5) is 0 Å². The Morgan fingerprint density at radius 1 is 1.05 bits per heavy atom. The summed E-state index contributed by atoms with van der Waals surface area (Å²) in [7, 11) is -2.56. The zero-order valence-corrected chi connectivity index (χ0v) is 31.2. The highest BCUT2D eigenvalue weighted by Crippen LogP contribution is 2.51. The molecule has 1 aromatic carbocycles. The Hall–Kier alpha value is -1.05. The first-order valence-corrected chi connectivity index (χ1v) is 21.7. The van der Waals surface area contributed by atoms with Crippen molar-refractivity contribution in [3.63, 3.8) is 0 Å². The second kappa shape index (κ2) is 13.4. The normalized spacial score (nSPS) is 31.6. The number of aliphatic hydroxyl groups is 1. The van der Waals surface area contributed by atoms with Crippen molar-refractivity contribution in [2.45, 2.75) is 122 Å². The molecule has 0 amide bonds. The van der Waals surface area contributed by atoms with E-state index in [0.29, 0.717) is 13.2 Å². The number of benzene rings is 1. The first-order chi connectivity index (χ1) is 19.7. The van der Waals surface area contributed by atoms with Crippen LogP contribution in [0.15, 0.2) is 36.9 Å². The molecule has 0 aromatic heterocycles. The smallest absolute Gasteiger partial charge is 0.192 e. The molecule has 1 aromatic rings. The van der Waals surface area contributed by atoms with Gasteiger partial charge in [0.1, 0.15) is 11.9 Å². The van der Waals surface area contributed by atoms with Gasteiger partial charge in [-0.25, -0.2) is 0 Å². The third-order valence-corrected chi connectivity index (χ3v) is 20.0. The molecule has 2 aliphatic heterocycles. The summed E-state index contributed by atoms with van der Waals surface area (Å²) in [5, 5.41) is 10.5. The van der Waals surface area contributed by atoms with Gasteiger partial charge in [0.2, 0.25) is 0 Å². The van der Waals surface area contributed by atoms with E-state index >= 15 is 0 Å². The molecule has 2 fully saturated rings. The van der Waals surface area contributed by atoms with E-state index in [1.165, 1.54) is 0 Å². The Labute approximate surface area is 263 Å². The highest BCUT2D eigenvalue weighted by molar-refractivity contribution is 6.74. The third-order valence-electron chi connectivity index (χ3n) is 11.0. The number of ether oxygens (including phenoxy) is 4. The van der Waals surface area contributed by atoms with Crippen molar-refractivity contribution >= 4 is 16.6 Å². The van der Waals surface area contributed by atoms with Gasteiger partial charge in [0.25, 0.3) is 0 Å². The van der Waals surface area contributed by atoms with Crippen LogP contribution in [-0.2, 0) is 23.1 Å². The molecular weight excluding hydrogens is 577 g/mol. The van der Waals surface area contributed by atoms with Crippen molar-refractivity contribution in [3.05, 3.63) is 42.5 Å². The van der Waals surface area contributed by atoms with E-state index in [1.54, 1.807) is 7.11 Å². The van der Waals surface area contributed by atoms with Gasteiger partial charge in [-0.1, -0.05) is 66.7 Å². The zero-order valence-electron chi connectivity index (χ0n) is 29.2. The quantitative estimate of drug-likeness (QED) is 0.197. The molecule has 1 N–H and O–H groups in total. The maximum atomic E-state index is 10.4. The Morgan fingerprint density at radius 2 is 1.63 bits per heavy atom. The van der Waals surface area contributed by atoms with Crippen molar-refractivity contribution in [2.75, 3.05) is 26.9 Å². The van der Waals surface area contributed by atoms with Crippen LogP contribution >= 0.6 is 0 Å². The molecule has 43 heavy (non-hydrogen) atoms. The highest BCUT2D eigenvalue weighted by Gasteiger charge is 2.60. The second-order valence-electron chi connectivity index (χ2n) is 15.8. The molecule has 0 aliphatic carbocycles. The largest absolute Gasteiger partial charge is 0.497 e. The third kappa shape index (κ3) is 7.68. The summed E-state index contributed by atoms with van der Waals surface area (Å²) in [6.07, 6.45) is 0.238. The van der Waals surface area contributed by atoms with Crippen LogP contribution < -0.4 is 4.74 Å². The van der Waals surface area contributed by atoms with E-state index in [2.05, 4.69) is 88.2 Å². The number of methoxy groups -OCH3 is 1. The van der Waals surface area contributed by atoms with Crippen molar-refractivity contribution < 1.29 is 32.9 Å². The van der Waals surface area contributed by atoms with Gasteiger partial charge in [0.05, 0.1) is 38.1 Å². The molecule has 0 unspecified atom stereocenters. The minimum absolute atomic E-state index is 0.0142. The summed E-state index contributed by atoms with van der Waals surface area (Å²) in [6.45, 7) is 31.9. The molecule has 2 aliphatic rings. The van der Waals surface area contributed by atoms with Gasteiger partial charge in [-0.05, 0) is 61.2 Å². The second-order valence-corrected chi connectivity index (χ2v) is 25.3. The molecule has 0 spiro atoms. The summed E-state index contributed by atoms with van der Waals surface area (Å²) >= 11 is 0. The summed E-state index contributed by atoms with van der Waals surface area (Å²) < 4.78 is 39.6. The van der Waals surface area contributed by atoms with E-state index in [1.807, 2.05) is 30.3 Å². The molecule has 9 heteroatoms. The van der Waals surface area contributed by atoms with E-state index in [-0.39, 0.29) is 46.6 Å². The van der Waals surface area contributed by atoms with Crippen LogP contribution in [0.5, 0.6) is 5.75 Å². The zero-order chi connectivity index (χ0) is 32.6. The molecule has 2 heterocycles. The average molecular weight is 637 g/mol. The lowest BCUT2D eigenvalue weighted by molar-refractivity contribution is -0.298. The minimum Gasteiger partial charge on any atom is -0.497 e. The summed E-state index contributed by atoms with van der Waals surface area (Å²) in [5.74, 6) is 0.631. The Balaban J connectivity index is 2.03. The van der Waals surface area contributed by atoms with Crippen molar-refractivity contribution in [1.29, 1.82) is 0 Å². The van der Waals surface area contributed by atoms with Crippen molar-refractivity contribution in [1.82, 2.24) is 0 Å². The molecule has 0 saturated carbocycles. The van der Waals surface area contributed by atoms with E-state index in [9.17, 15) is 5.11 Å². The molecule has 2 saturated heterocycles. The van der Waals surface area contributed by atoms with Gasteiger partial charge >= 0.3 is 0 Å². The van der Waals surface area contributed by atoms with Gasteiger partial charge in [0, 0.05) is 24.0 Å². The first-order valence-electron chi connectivity index (χ1n) is 15.9. The van der Waals surface area contributed by atoms with Crippen LogP contribution in [-0.4, -0.2) is 72.6 Å². The van der Waals surface area contributed by atoms with Crippen molar-refractivity contribution in [2.24, 2.45) is 17.8 Å². The number of rotatable bonds is 11. The van der Waals surface area contributed by atoms with Gasteiger partial charge in [-0.2, -0.15) is 0 Å². The van der Waals surface area contributed by atoms with Crippen LogP contribution in [0.25, 0.3) is 0 Å². The SMILES string of the molecule is C=C[C@@H](CO)[C@H]1O[C@](C)([C@@H]2O[C@H](c3ccc(OC)cc3)OC[C@@H]2O[Si](C)(C)C(C)(C)C)[C@@H](C)[C@H]1CO[Si](C)(C)C(C)(C)C. The van der Waals surface area contributed by atoms with E-state index in [0.717, 1.165) is 11.3 Å². The molecule has 8 atom stereocenters. The maximum Gasteiger partial charge on any atom is 0.192 e. The van der Waals surface area contributed by atoms with Gasteiger partial charge < -0.3 is 32.9 Å². The monoisotopic (exact) mass is 636 g/mol. The molecule has 3 rings (SSSR count). The minimum atomic E-state index is -2.19. The maximum absolute atomic E-state index is 10.4. The van der Waals surface area contributed by atoms with Crippen molar-refractivity contribution in [3.8, 4) is 5.75 Å². The predicted octanol–water partition coefficient (Wildman–Crippen LogP) is 7.73. The lowest BCUT2D eigenvalue weighted by Gasteiger charge is -2.49. The fourth-order valence-electron chi connectivity index (χ4n) is 5.62. The first kappa shape index (κ1) is 36.4. The molecule has 0 radical (unpaired) electrons. The Kier molecular flexibility index (Phi) is 11.3. The average Bonchev–Trinajstić information content (AvgIpc) is 3.17. The summed E-state index contributed by atoms with van der Waals surface area (Å²) in [4.78, 5) is 0. The Morgan fingerprint density at radius 3 is 2.12 bits per heavy atom. The predicted molar refractivity (Wildman–Crippen MR) is 178 cm³/mol. The molecular formula is C34H60O7Si2. The number of hydrogen-bond donors (Lipinski definition) is 1. The topological polar surface area (TPSA) is 75.6 Å². The van der Waals surface area contributed by atoms with Crippen LogP contribution in [0.2, 0.25) is 36.3 Å². The van der Waals surface area contributed by atoms with Gasteiger partial charge in [-0.15, -0.1) is 6.58 Å². The standard InChI is InChI=1S/C34H60O7Si2/c1-15-24(20-35)29-27(21-38-42(11,12)32(3,4)5)23(2)34(9,40-29)30-28(41-43(13,14)33(6,7)8)22-37-31(39-30)25-16-18-26(36-10)19-17-25/h15-19,23-24,27-31,35H,1,20-22H2,2-14H3/t23-,24-,27+,28-,29+,30+,31+,34-/m0/s1. The van der Waals surface area contributed by atoms with Crippen LogP contribution in [0.3, 0.4) is 0 Å². The highest BCUT2D eigenvalue weighted by atomic mass is 28.4. The van der Waals surface area contributed by atoms with Gasteiger partial charge in [0.15, 0.2) is 22.9 Å². The Bertz CT molecular complexity index is 1060. The van der Waals surface area contributed by atoms with Crippen LogP contribution in [0.1, 0.15) is 67.2 Å². The van der Waals surface area contributed by atoms with Gasteiger partial charge in [-0.3, -0.25) is 0 Å². The summed E-state index contributed by atoms with van der Waals surface area (Å²) in [6, 6.07) is 7.81. The van der Waals surface area contributed by atoms with E-state index < -0.39 is 34.6 Å². The fourth-order valence-corrected chi connectivity index (χ4v) is 7.97. The lowest BCUT2D eigenvalue weighted by atomic mass is 9.76. The summed E-state index contributed by atoms with van der Waals surface area (Å²) in [5.41, 5.74) is 0.184. The molecule has 246 valence electrons. The lowest BCUT2D eigenvalue weighted by Crippen LogP contribution is -2.60.